The Hall–Kier alpha value is -0.320. The minimum absolute atomic E-state index is 0.187. The first kappa shape index (κ1) is 17.0. The van der Waals surface area contributed by atoms with Crippen LogP contribution >= 0.6 is 0 Å². The monoisotopic (exact) mass is 305 g/mol. The molecule has 1 saturated carbocycles. The molecule has 124 valence electrons. The summed E-state index contributed by atoms with van der Waals surface area (Å²) in [5.74, 6) is 0. The Bertz CT molecular complexity index is 346. The highest BCUT2D eigenvalue weighted by atomic mass is 16.7. The van der Waals surface area contributed by atoms with E-state index < -0.39 is 42.8 Å². The Morgan fingerprint density at radius 1 is 1.10 bits per heavy atom. The van der Waals surface area contributed by atoms with Crippen LogP contribution in [0.25, 0.3) is 0 Å². The number of aliphatic hydroxyl groups is 3. The van der Waals surface area contributed by atoms with Crippen molar-refractivity contribution in [3.8, 4) is 0 Å². The topological polar surface area (TPSA) is 157 Å². The van der Waals surface area contributed by atoms with Crippen molar-refractivity contribution in [1.29, 1.82) is 0 Å². The lowest BCUT2D eigenvalue weighted by molar-refractivity contribution is -0.281. The van der Waals surface area contributed by atoms with Crippen LogP contribution in [0.1, 0.15) is 26.2 Å². The van der Waals surface area contributed by atoms with Gasteiger partial charge in [0.15, 0.2) is 6.29 Å². The van der Waals surface area contributed by atoms with E-state index in [0.29, 0.717) is 19.3 Å². The number of ether oxygens (including phenoxy) is 2. The van der Waals surface area contributed by atoms with Gasteiger partial charge in [-0.25, -0.2) is 0 Å². The molecule has 8 nitrogen and oxygen atoms in total. The van der Waals surface area contributed by atoms with Gasteiger partial charge in [-0.3, -0.25) is 0 Å². The van der Waals surface area contributed by atoms with Crippen molar-refractivity contribution < 1.29 is 24.8 Å². The highest BCUT2D eigenvalue weighted by Gasteiger charge is 2.44. The van der Waals surface area contributed by atoms with E-state index in [1.807, 2.05) is 6.92 Å². The highest BCUT2D eigenvalue weighted by molar-refractivity contribution is 4.98. The third-order valence-electron chi connectivity index (χ3n) is 4.34. The summed E-state index contributed by atoms with van der Waals surface area (Å²) in [6, 6.07) is -1.32. The lowest BCUT2D eigenvalue weighted by atomic mass is 9.84. The average Bonchev–Trinajstić information content (AvgIpc) is 2.42. The molecule has 1 heterocycles. The van der Waals surface area contributed by atoms with Gasteiger partial charge in [-0.05, 0) is 26.2 Å². The Morgan fingerprint density at radius 2 is 1.76 bits per heavy atom. The second-order valence-corrected chi connectivity index (χ2v) is 6.19. The van der Waals surface area contributed by atoms with Crippen LogP contribution in [0.4, 0.5) is 0 Å². The third kappa shape index (κ3) is 3.72. The largest absolute Gasteiger partial charge is 0.389 e. The van der Waals surface area contributed by atoms with E-state index in [2.05, 4.69) is 0 Å². The Labute approximate surface area is 124 Å². The Morgan fingerprint density at radius 3 is 2.38 bits per heavy atom. The van der Waals surface area contributed by atoms with Crippen molar-refractivity contribution in [2.75, 3.05) is 0 Å². The van der Waals surface area contributed by atoms with E-state index in [-0.39, 0.29) is 12.1 Å². The van der Waals surface area contributed by atoms with Crippen molar-refractivity contribution in [3.05, 3.63) is 0 Å². The van der Waals surface area contributed by atoms with Crippen molar-refractivity contribution in [2.24, 2.45) is 17.2 Å². The second-order valence-electron chi connectivity index (χ2n) is 6.19. The summed E-state index contributed by atoms with van der Waals surface area (Å²) in [6.45, 7) is 1.82. The smallest absolute Gasteiger partial charge is 0.184 e. The normalized spacial score (nSPS) is 49.9. The summed E-state index contributed by atoms with van der Waals surface area (Å²) in [5, 5.41) is 29.9. The molecule has 0 unspecified atom stereocenters. The highest BCUT2D eigenvalue weighted by Crippen LogP contribution is 2.27. The maximum atomic E-state index is 10.1. The van der Waals surface area contributed by atoms with Crippen molar-refractivity contribution in [1.82, 2.24) is 0 Å². The first-order valence-electron chi connectivity index (χ1n) is 7.43. The quantitative estimate of drug-likeness (QED) is 0.330. The summed E-state index contributed by atoms with van der Waals surface area (Å²) < 4.78 is 11.3. The van der Waals surface area contributed by atoms with Crippen LogP contribution < -0.4 is 17.2 Å². The van der Waals surface area contributed by atoms with Crippen molar-refractivity contribution >= 4 is 0 Å². The van der Waals surface area contributed by atoms with E-state index in [1.54, 1.807) is 0 Å². The van der Waals surface area contributed by atoms with Gasteiger partial charge < -0.3 is 42.0 Å². The molecular formula is C13H27N3O5. The molecular weight excluding hydrogens is 278 g/mol. The van der Waals surface area contributed by atoms with Gasteiger partial charge >= 0.3 is 0 Å². The fourth-order valence-corrected chi connectivity index (χ4v) is 2.94. The maximum Gasteiger partial charge on any atom is 0.184 e. The molecule has 1 saturated heterocycles. The van der Waals surface area contributed by atoms with Crippen LogP contribution in [0, 0.1) is 0 Å². The zero-order valence-electron chi connectivity index (χ0n) is 12.2. The van der Waals surface area contributed by atoms with Gasteiger partial charge in [0.1, 0.15) is 18.3 Å². The van der Waals surface area contributed by atoms with E-state index in [1.165, 1.54) is 0 Å². The predicted molar refractivity (Wildman–Crippen MR) is 75.0 cm³/mol. The van der Waals surface area contributed by atoms with E-state index in [9.17, 15) is 15.3 Å². The van der Waals surface area contributed by atoms with Crippen molar-refractivity contribution in [3.63, 3.8) is 0 Å². The first-order valence-corrected chi connectivity index (χ1v) is 7.43. The third-order valence-corrected chi connectivity index (χ3v) is 4.34. The van der Waals surface area contributed by atoms with Gasteiger partial charge in [-0.2, -0.15) is 0 Å². The summed E-state index contributed by atoms with van der Waals surface area (Å²) in [4.78, 5) is 0. The summed E-state index contributed by atoms with van der Waals surface area (Å²) in [5.41, 5.74) is 17.5. The molecule has 21 heavy (non-hydrogen) atoms. The van der Waals surface area contributed by atoms with Crippen molar-refractivity contribution in [2.45, 2.75) is 81.1 Å². The van der Waals surface area contributed by atoms with Crippen LogP contribution in [-0.2, 0) is 9.47 Å². The molecule has 0 aromatic heterocycles. The zero-order chi connectivity index (χ0) is 15.7. The molecule has 9 atom stereocenters. The molecule has 0 aromatic rings. The number of aliphatic hydroxyl groups excluding tert-OH is 3. The average molecular weight is 305 g/mol. The van der Waals surface area contributed by atoms with Gasteiger partial charge in [0.25, 0.3) is 0 Å². The molecule has 2 rings (SSSR count). The SMILES string of the molecule is C[C@@H](N)[C@@H]1CC[C@@H](O)[C@@H](O[C@H]2[C@H](O)[C@@H](O)[C@H](N)C[C@@H]2N)O1. The lowest BCUT2D eigenvalue weighted by Gasteiger charge is -2.43. The van der Waals surface area contributed by atoms with Gasteiger partial charge in [-0.15, -0.1) is 0 Å². The Balaban J connectivity index is 2.01. The van der Waals surface area contributed by atoms with E-state index in [4.69, 9.17) is 26.7 Å². The zero-order valence-corrected chi connectivity index (χ0v) is 12.2. The van der Waals surface area contributed by atoms with Crippen LogP contribution in [-0.4, -0.2) is 70.3 Å². The van der Waals surface area contributed by atoms with Gasteiger partial charge in [-0.1, -0.05) is 0 Å². The second kappa shape index (κ2) is 6.84. The van der Waals surface area contributed by atoms with Crippen LogP contribution in [0.15, 0.2) is 0 Å². The minimum atomic E-state index is -1.21. The number of hydrogen-bond acceptors (Lipinski definition) is 8. The van der Waals surface area contributed by atoms with Crippen LogP contribution in [0.5, 0.6) is 0 Å². The standard InChI is InChI=1S/C13H27N3O5/c1-5(14)9-3-2-8(17)13(20-9)21-12-7(16)4-6(15)10(18)11(12)19/h5-13,17-19H,2-4,14-16H2,1H3/t5-,6-,7+,8-,9+,10+,11-,12-,13-/m1/s1. The molecule has 0 aromatic carbocycles. The van der Waals surface area contributed by atoms with Crippen LogP contribution in [0.3, 0.4) is 0 Å². The first-order chi connectivity index (χ1) is 9.81. The number of rotatable bonds is 3. The summed E-state index contributed by atoms with van der Waals surface area (Å²) in [6.07, 6.45) is -3.65. The fourth-order valence-electron chi connectivity index (χ4n) is 2.94. The Kier molecular flexibility index (Phi) is 5.55. The molecule has 9 N–H and O–H groups in total. The minimum Gasteiger partial charge on any atom is -0.389 e. The van der Waals surface area contributed by atoms with Gasteiger partial charge in [0.05, 0.1) is 12.2 Å². The van der Waals surface area contributed by atoms with Crippen LogP contribution in [0.2, 0.25) is 0 Å². The molecule has 2 fully saturated rings. The number of nitrogens with two attached hydrogens (primary N) is 3. The molecule has 0 amide bonds. The summed E-state index contributed by atoms with van der Waals surface area (Å²) >= 11 is 0. The number of hydrogen-bond donors (Lipinski definition) is 6. The fraction of sp³-hybridized carbons (Fsp3) is 1.00. The molecule has 1 aliphatic heterocycles. The maximum absolute atomic E-state index is 10.1. The molecule has 8 heteroatoms. The van der Waals surface area contributed by atoms with E-state index in [0.717, 1.165) is 0 Å². The molecule has 1 aliphatic carbocycles. The lowest BCUT2D eigenvalue weighted by Crippen LogP contribution is -2.63. The molecule has 2 aliphatic rings. The van der Waals surface area contributed by atoms with Gasteiger partial charge in [0.2, 0.25) is 0 Å². The summed E-state index contributed by atoms with van der Waals surface area (Å²) in [7, 11) is 0. The predicted octanol–water partition coefficient (Wildman–Crippen LogP) is -2.64. The molecule has 0 radical (unpaired) electrons. The van der Waals surface area contributed by atoms with E-state index >= 15 is 0 Å². The van der Waals surface area contributed by atoms with Gasteiger partial charge in [0, 0.05) is 18.1 Å². The molecule has 0 spiro atoms. The molecule has 0 bridgehead atoms.